The molecule has 9 rings (SSSR count). The fourth-order valence-electron chi connectivity index (χ4n) is 10.4. The highest BCUT2D eigenvalue weighted by molar-refractivity contribution is 6.30. The van der Waals surface area contributed by atoms with Gasteiger partial charge in [-0.3, -0.25) is 24.9 Å². The van der Waals surface area contributed by atoms with Gasteiger partial charge >= 0.3 is 6.61 Å². The van der Waals surface area contributed by atoms with Crippen LogP contribution in [-0.2, 0) is 17.6 Å². The Balaban J connectivity index is 0.000000608. The van der Waals surface area contributed by atoms with Gasteiger partial charge in [-0.05, 0) is 223 Å². The van der Waals surface area contributed by atoms with Crippen LogP contribution in [0.4, 0.5) is 17.6 Å². The molecule has 0 aliphatic carbocycles. The molecule has 5 heterocycles. The molecule has 108 heavy (non-hydrogen) atoms. The van der Waals surface area contributed by atoms with E-state index in [0.29, 0.717) is 89.0 Å². The van der Waals surface area contributed by atoms with Crippen molar-refractivity contribution in [1.29, 1.82) is 0 Å². The molecule has 0 saturated carbocycles. The molecule has 0 fully saturated rings. The first-order valence-corrected chi connectivity index (χ1v) is 39.9. The number of ether oxygens (including phenoxy) is 1. The van der Waals surface area contributed by atoms with Crippen molar-refractivity contribution >= 4 is 11.6 Å². The van der Waals surface area contributed by atoms with Gasteiger partial charge in [0.1, 0.15) is 11.6 Å². The molecule has 0 N–H and O–H groups in total. The van der Waals surface area contributed by atoms with Gasteiger partial charge in [-0.2, -0.15) is 8.78 Å². The number of halogens is 5. The Morgan fingerprint density at radius 3 is 1.14 bits per heavy atom. The van der Waals surface area contributed by atoms with Crippen LogP contribution in [0.1, 0.15) is 281 Å². The standard InChI is InChI=1S/C12H16F2O.C11H15Cl.4C11H17N.C11H16.C10H13F.C9H12FN/c1-9(2)11(8-15-12(13)14)10-6-4-3-5-7-10;1-8(2)9(3)10-4-6-11(12)7-5-10;2*1-8(2)10(4)11-6-5-9(3)12-7-11;1-8(2)10(4)11-7-9(3)5-6-12-11;1-8(2)10(4)11-6-5-9(3)7-12-11;1-9(2)10(3)11-7-5-4-6-8-11;1-8(2)7-9-5-3-4-6-10(9)11;1-7(2)6-9-8(10)4-3-5-11-9/h3-7,9,11-12H,8H2,1-2H3;4-9H,1-3H3;4*5-8,10H,1-4H3;4-10H,1-3H3;3-6,8H,7H2,1-2H3;3-5,7H,6H2,1-2H3/t11-;9-;;;;;;;/m00......./s1. The molecule has 0 amide bonds. The molecule has 11 heteroatoms. The molecule has 0 aliphatic heterocycles. The molecular formula is C97H140ClF4N5O. The highest BCUT2D eigenvalue weighted by Gasteiger charge is 2.19. The summed E-state index contributed by atoms with van der Waals surface area (Å²) in [6.45, 7) is 58.2. The highest BCUT2D eigenvalue weighted by atomic mass is 35.5. The lowest BCUT2D eigenvalue weighted by Crippen LogP contribution is -2.16. The Bertz CT molecular complexity index is 3420. The molecule has 7 atom stereocenters. The van der Waals surface area contributed by atoms with Gasteiger partial charge in [0.05, 0.1) is 12.3 Å². The number of hydrogen-bond donors (Lipinski definition) is 0. The third-order valence-electron chi connectivity index (χ3n) is 19.9. The normalized spacial score (nSPS) is 12.8. The number of benzene rings is 4. The molecule has 4 aromatic carbocycles. The van der Waals surface area contributed by atoms with E-state index in [0.717, 1.165) is 39.9 Å². The summed E-state index contributed by atoms with van der Waals surface area (Å²) in [5.74, 6) is 8.78. The van der Waals surface area contributed by atoms with Crippen molar-refractivity contribution in [3.8, 4) is 0 Å². The first-order chi connectivity index (χ1) is 50.8. The minimum Gasteiger partial charge on any atom is -0.322 e. The highest BCUT2D eigenvalue weighted by Crippen LogP contribution is 2.29. The van der Waals surface area contributed by atoms with Crippen LogP contribution < -0.4 is 0 Å². The average Bonchev–Trinajstić information content (AvgIpc) is 0.914. The first-order valence-electron chi connectivity index (χ1n) is 39.6. The molecule has 0 spiro atoms. The van der Waals surface area contributed by atoms with E-state index in [1.165, 1.54) is 56.9 Å². The van der Waals surface area contributed by atoms with E-state index in [1.54, 1.807) is 18.3 Å². The summed E-state index contributed by atoms with van der Waals surface area (Å²) in [6.07, 6.45) is 11.0. The first kappa shape index (κ1) is 98.6. The van der Waals surface area contributed by atoms with E-state index >= 15 is 0 Å². The van der Waals surface area contributed by atoms with Crippen LogP contribution >= 0.6 is 11.6 Å². The second-order valence-corrected chi connectivity index (χ2v) is 32.7. The molecular weight excluding hydrogens is 1360 g/mol. The Kier molecular flexibility index (Phi) is 49.5. The summed E-state index contributed by atoms with van der Waals surface area (Å²) in [5.41, 5.74) is 15.1. The van der Waals surface area contributed by atoms with Crippen molar-refractivity contribution in [2.75, 3.05) is 6.61 Å². The van der Waals surface area contributed by atoms with Crippen LogP contribution in [0.25, 0.3) is 0 Å². The maximum absolute atomic E-state index is 12.9. The third-order valence-corrected chi connectivity index (χ3v) is 20.2. The van der Waals surface area contributed by atoms with Gasteiger partial charge in [0.15, 0.2) is 0 Å². The number of pyridine rings is 5. The predicted octanol–water partition coefficient (Wildman–Crippen LogP) is 29.3. The number of hydrogen-bond acceptors (Lipinski definition) is 6. The number of rotatable bonds is 21. The largest absolute Gasteiger partial charge is 0.345 e. The average molecular weight is 1500 g/mol. The molecule has 0 aliphatic rings. The van der Waals surface area contributed by atoms with Crippen LogP contribution in [0, 0.1) is 92.6 Å². The van der Waals surface area contributed by atoms with Crippen molar-refractivity contribution in [2.45, 2.75) is 255 Å². The zero-order valence-electron chi connectivity index (χ0n) is 71.5. The lowest BCUT2D eigenvalue weighted by atomic mass is 9.89. The molecule has 0 radical (unpaired) electrons. The quantitative estimate of drug-likeness (QED) is 0.0668. The maximum Gasteiger partial charge on any atom is 0.345 e. The van der Waals surface area contributed by atoms with Gasteiger partial charge in [-0.15, -0.1) is 0 Å². The van der Waals surface area contributed by atoms with Crippen molar-refractivity contribution in [2.24, 2.45) is 53.3 Å². The summed E-state index contributed by atoms with van der Waals surface area (Å²) in [6, 6.07) is 55.4. The SMILES string of the molecule is CC(C)C(C)c1ccccc1.CC(C)Cc1ccccc1F.CC(C)Cc1ncccc1F.CC(C)[C@H](C)c1ccc(Cl)cc1.CC(C)[C@H](COC(F)F)c1ccccc1.Cc1ccc(C(C)C(C)C)cn1.Cc1ccc(C(C)C(C)C)cn1.Cc1ccc(C(C)C(C)C)nc1.Cc1ccnc(C(C)C(C)C)c1. The van der Waals surface area contributed by atoms with Crippen molar-refractivity contribution in [3.05, 3.63) is 290 Å². The van der Waals surface area contributed by atoms with Crippen molar-refractivity contribution < 1.29 is 22.3 Å². The number of nitrogens with zero attached hydrogens (tertiary/aromatic N) is 5. The van der Waals surface area contributed by atoms with Crippen molar-refractivity contribution in [3.63, 3.8) is 0 Å². The Labute approximate surface area is 660 Å². The van der Waals surface area contributed by atoms with E-state index in [2.05, 4.69) is 267 Å². The van der Waals surface area contributed by atoms with Gasteiger partial charge in [0, 0.05) is 76.5 Å². The van der Waals surface area contributed by atoms with E-state index in [9.17, 15) is 17.6 Å². The van der Waals surface area contributed by atoms with E-state index in [1.807, 2.05) is 127 Å². The van der Waals surface area contributed by atoms with E-state index in [-0.39, 0.29) is 30.1 Å². The second-order valence-electron chi connectivity index (χ2n) is 32.2. The van der Waals surface area contributed by atoms with Crippen LogP contribution in [0.5, 0.6) is 0 Å². The van der Waals surface area contributed by atoms with Gasteiger partial charge in [-0.1, -0.05) is 287 Å². The minimum absolute atomic E-state index is 0.0280. The Morgan fingerprint density at radius 1 is 0.333 bits per heavy atom. The van der Waals surface area contributed by atoms with Gasteiger partial charge in [-0.25, -0.2) is 8.78 Å². The molecule has 9 aromatic rings. The molecule has 0 saturated heterocycles. The van der Waals surface area contributed by atoms with Gasteiger partial charge in [0.25, 0.3) is 0 Å². The number of aryl methyl sites for hydroxylation is 4. The smallest absolute Gasteiger partial charge is 0.322 e. The lowest BCUT2D eigenvalue weighted by Gasteiger charge is -2.20. The van der Waals surface area contributed by atoms with Gasteiger partial charge in [0.2, 0.25) is 0 Å². The summed E-state index contributed by atoms with van der Waals surface area (Å²) in [5, 5.41) is 0.815. The van der Waals surface area contributed by atoms with Crippen LogP contribution in [-0.4, -0.2) is 38.1 Å². The summed E-state index contributed by atoms with van der Waals surface area (Å²) < 4.78 is 54.1. The van der Waals surface area contributed by atoms with Crippen LogP contribution in [0.2, 0.25) is 5.02 Å². The van der Waals surface area contributed by atoms with Crippen LogP contribution in [0.3, 0.4) is 0 Å². The Morgan fingerprint density at radius 2 is 0.750 bits per heavy atom. The molecule has 594 valence electrons. The fourth-order valence-corrected chi connectivity index (χ4v) is 10.5. The monoisotopic (exact) mass is 1500 g/mol. The summed E-state index contributed by atoms with van der Waals surface area (Å²) in [7, 11) is 0. The minimum atomic E-state index is -2.69. The Hall–Kier alpha value is -7.40. The zero-order chi connectivity index (χ0) is 81.8. The third kappa shape index (κ3) is 42.0. The maximum atomic E-state index is 12.9. The van der Waals surface area contributed by atoms with Crippen LogP contribution in [0.15, 0.2) is 201 Å². The summed E-state index contributed by atoms with van der Waals surface area (Å²) in [4.78, 5) is 21.3. The fraction of sp³-hybridized carbons (Fsp3) is 0.495. The topological polar surface area (TPSA) is 73.7 Å². The zero-order valence-corrected chi connectivity index (χ0v) is 72.3. The van der Waals surface area contributed by atoms with E-state index in [4.69, 9.17) is 11.6 Å². The molecule has 5 aromatic heterocycles. The van der Waals surface area contributed by atoms with Gasteiger partial charge < -0.3 is 4.74 Å². The number of aromatic nitrogens is 5. The predicted molar refractivity (Wildman–Crippen MR) is 457 cm³/mol. The molecule has 6 nitrogen and oxygen atoms in total. The summed E-state index contributed by atoms with van der Waals surface area (Å²) >= 11 is 5.80. The lowest BCUT2D eigenvalue weighted by molar-refractivity contribution is -0.134. The second kappa shape index (κ2) is 54.3. The molecule has 0 bridgehead atoms. The van der Waals surface area contributed by atoms with E-state index < -0.39 is 6.61 Å². The number of alkyl halides is 2. The van der Waals surface area contributed by atoms with Crippen molar-refractivity contribution in [1.82, 2.24) is 24.9 Å². The molecule has 5 unspecified atom stereocenters.